The van der Waals surface area contributed by atoms with E-state index in [0.717, 1.165) is 38.5 Å². The standard InChI is InChI=1S/C17H27NO2/c1-16(2,13-8-4-5-9-13)17(12-18,15(19)20-3)14-10-6-7-11-14/h13-14H,4-11H2,1-3H3. The van der Waals surface area contributed by atoms with Crippen molar-refractivity contribution in [1.82, 2.24) is 0 Å². The third kappa shape index (κ3) is 2.14. The van der Waals surface area contributed by atoms with Gasteiger partial charge in [-0.05, 0) is 42.9 Å². The average Bonchev–Trinajstić information content (AvgIpc) is 3.12. The minimum absolute atomic E-state index is 0.163. The van der Waals surface area contributed by atoms with Crippen molar-refractivity contribution in [1.29, 1.82) is 5.26 Å². The zero-order valence-electron chi connectivity index (χ0n) is 13.1. The molecule has 0 aliphatic heterocycles. The van der Waals surface area contributed by atoms with E-state index in [0.29, 0.717) is 5.92 Å². The van der Waals surface area contributed by atoms with Crippen molar-refractivity contribution in [3.8, 4) is 6.07 Å². The number of carbonyl (C=O) groups is 1. The number of rotatable bonds is 4. The van der Waals surface area contributed by atoms with Crippen molar-refractivity contribution in [3.05, 3.63) is 0 Å². The molecule has 112 valence electrons. The molecule has 3 nitrogen and oxygen atoms in total. The third-order valence-corrected chi connectivity index (χ3v) is 6.04. The lowest BCUT2D eigenvalue weighted by Crippen LogP contribution is -2.52. The quantitative estimate of drug-likeness (QED) is 0.728. The summed E-state index contributed by atoms with van der Waals surface area (Å²) < 4.78 is 5.10. The van der Waals surface area contributed by atoms with Gasteiger partial charge in [-0.15, -0.1) is 0 Å². The molecule has 0 radical (unpaired) electrons. The van der Waals surface area contributed by atoms with Gasteiger partial charge >= 0.3 is 5.97 Å². The van der Waals surface area contributed by atoms with Crippen LogP contribution in [0.4, 0.5) is 0 Å². The summed E-state index contributed by atoms with van der Waals surface area (Å²) in [6, 6.07) is 2.45. The first-order chi connectivity index (χ1) is 9.50. The van der Waals surface area contributed by atoms with Crippen LogP contribution < -0.4 is 0 Å². The lowest BCUT2D eigenvalue weighted by molar-refractivity contribution is -0.163. The van der Waals surface area contributed by atoms with Crippen molar-refractivity contribution >= 4 is 5.97 Å². The Balaban J connectivity index is 2.43. The largest absolute Gasteiger partial charge is 0.468 e. The summed E-state index contributed by atoms with van der Waals surface area (Å²) in [5, 5.41) is 9.98. The summed E-state index contributed by atoms with van der Waals surface area (Å²) in [6.07, 6.45) is 8.96. The Labute approximate surface area is 122 Å². The Morgan fingerprint density at radius 3 is 1.90 bits per heavy atom. The van der Waals surface area contributed by atoms with E-state index in [2.05, 4.69) is 19.9 Å². The normalized spacial score (nSPS) is 24.3. The van der Waals surface area contributed by atoms with Gasteiger partial charge in [0.1, 0.15) is 0 Å². The topological polar surface area (TPSA) is 50.1 Å². The highest BCUT2D eigenvalue weighted by Gasteiger charge is 2.60. The summed E-state index contributed by atoms with van der Waals surface area (Å²) in [4.78, 5) is 12.6. The highest BCUT2D eigenvalue weighted by atomic mass is 16.5. The van der Waals surface area contributed by atoms with Gasteiger partial charge in [-0.2, -0.15) is 5.26 Å². The van der Waals surface area contributed by atoms with Crippen LogP contribution >= 0.6 is 0 Å². The van der Waals surface area contributed by atoms with Crippen LogP contribution in [0.5, 0.6) is 0 Å². The first kappa shape index (κ1) is 15.4. The number of hydrogen-bond acceptors (Lipinski definition) is 3. The summed E-state index contributed by atoms with van der Waals surface area (Å²) >= 11 is 0. The number of methoxy groups -OCH3 is 1. The van der Waals surface area contributed by atoms with E-state index in [4.69, 9.17) is 4.74 Å². The zero-order valence-corrected chi connectivity index (χ0v) is 13.1. The van der Waals surface area contributed by atoms with Crippen LogP contribution in [0.2, 0.25) is 0 Å². The van der Waals surface area contributed by atoms with Crippen LogP contribution in [-0.4, -0.2) is 13.1 Å². The molecule has 2 rings (SSSR count). The number of nitriles is 1. The van der Waals surface area contributed by atoms with Gasteiger partial charge in [0, 0.05) is 0 Å². The van der Waals surface area contributed by atoms with E-state index in [1.54, 1.807) is 0 Å². The van der Waals surface area contributed by atoms with Gasteiger partial charge in [0.2, 0.25) is 0 Å². The number of esters is 1. The molecule has 0 aromatic rings. The fourth-order valence-electron chi connectivity index (χ4n) is 4.73. The molecule has 2 saturated carbocycles. The van der Waals surface area contributed by atoms with Gasteiger partial charge in [0.05, 0.1) is 13.2 Å². The van der Waals surface area contributed by atoms with E-state index < -0.39 is 5.41 Å². The summed E-state index contributed by atoms with van der Waals surface area (Å²) in [7, 11) is 1.42. The van der Waals surface area contributed by atoms with Crippen molar-refractivity contribution in [2.45, 2.75) is 65.2 Å². The molecule has 0 aromatic carbocycles. The number of nitrogens with zero attached hydrogens (tertiary/aromatic N) is 1. The molecule has 2 fully saturated rings. The van der Waals surface area contributed by atoms with Gasteiger partial charge < -0.3 is 4.74 Å². The molecule has 0 bridgehead atoms. The van der Waals surface area contributed by atoms with Crippen LogP contribution in [0.15, 0.2) is 0 Å². The Morgan fingerprint density at radius 2 is 1.50 bits per heavy atom. The molecule has 0 amide bonds. The third-order valence-electron chi connectivity index (χ3n) is 6.04. The van der Waals surface area contributed by atoms with Crippen LogP contribution in [0.1, 0.15) is 65.2 Å². The Hall–Kier alpha value is -1.04. The molecule has 0 aromatic heterocycles. The van der Waals surface area contributed by atoms with E-state index in [1.165, 1.54) is 20.0 Å². The summed E-state index contributed by atoms with van der Waals surface area (Å²) in [6.45, 7) is 4.25. The summed E-state index contributed by atoms with van der Waals surface area (Å²) in [5.74, 6) is 0.321. The molecule has 3 heteroatoms. The van der Waals surface area contributed by atoms with Gasteiger partial charge in [-0.3, -0.25) is 4.79 Å². The molecule has 0 spiro atoms. The summed E-state index contributed by atoms with van der Waals surface area (Å²) in [5.41, 5.74) is -1.27. The smallest absolute Gasteiger partial charge is 0.327 e. The van der Waals surface area contributed by atoms with Crippen LogP contribution in [0.3, 0.4) is 0 Å². The van der Waals surface area contributed by atoms with Gasteiger partial charge in [-0.1, -0.05) is 39.5 Å². The number of hydrogen-bond donors (Lipinski definition) is 0. The second-order valence-corrected chi connectivity index (χ2v) is 7.10. The average molecular weight is 277 g/mol. The van der Waals surface area contributed by atoms with E-state index in [1.807, 2.05) is 0 Å². The van der Waals surface area contributed by atoms with Crippen molar-refractivity contribution in [2.75, 3.05) is 7.11 Å². The second-order valence-electron chi connectivity index (χ2n) is 7.10. The van der Waals surface area contributed by atoms with Gasteiger partial charge in [0.25, 0.3) is 0 Å². The maximum Gasteiger partial charge on any atom is 0.327 e. The Morgan fingerprint density at radius 1 is 1.05 bits per heavy atom. The Kier molecular flexibility index (Phi) is 4.42. The van der Waals surface area contributed by atoms with E-state index >= 15 is 0 Å². The lowest BCUT2D eigenvalue weighted by Gasteiger charge is -2.47. The minimum atomic E-state index is -0.965. The van der Waals surface area contributed by atoms with Crippen molar-refractivity contribution in [2.24, 2.45) is 22.7 Å². The molecular formula is C17H27NO2. The predicted octanol–water partition coefficient (Wildman–Crippen LogP) is 4.08. The van der Waals surface area contributed by atoms with Crippen LogP contribution in [0.25, 0.3) is 0 Å². The SMILES string of the molecule is COC(=O)C(C#N)(C1CCCC1)C(C)(C)C1CCCC1. The fraction of sp³-hybridized carbons (Fsp3) is 0.882. The molecule has 1 unspecified atom stereocenters. The number of carbonyl (C=O) groups excluding carboxylic acids is 1. The molecule has 0 heterocycles. The first-order valence-electron chi connectivity index (χ1n) is 8.00. The highest BCUT2D eigenvalue weighted by molar-refractivity contribution is 5.81. The number of ether oxygens (including phenoxy) is 1. The van der Waals surface area contributed by atoms with Crippen molar-refractivity contribution < 1.29 is 9.53 Å². The van der Waals surface area contributed by atoms with Crippen LogP contribution in [-0.2, 0) is 9.53 Å². The maximum atomic E-state index is 12.6. The second kappa shape index (κ2) is 5.76. The van der Waals surface area contributed by atoms with E-state index in [9.17, 15) is 10.1 Å². The van der Waals surface area contributed by atoms with Crippen LogP contribution in [0, 0.1) is 34.0 Å². The molecule has 1 atom stereocenters. The minimum Gasteiger partial charge on any atom is -0.468 e. The molecule has 2 aliphatic rings. The zero-order chi connectivity index (χ0) is 14.8. The first-order valence-corrected chi connectivity index (χ1v) is 8.00. The monoisotopic (exact) mass is 277 g/mol. The lowest BCUT2D eigenvalue weighted by atomic mass is 9.54. The highest BCUT2D eigenvalue weighted by Crippen LogP contribution is 2.57. The maximum absolute atomic E-state index is 12.6. The predicted molar refractivity (Wildman–Crippen MR) is 77.8 cm³/mol. The van der Waals surface area contributed by atoms with Gasteiger partial charge in [0.15, 0.2) is 5.41 Å². The van der Waals surface area contributed by atoms with Crippen molar-refractivity contribution in [3.63, 3.8) is 0 Å². The molecule has 0 saturated heterocycles. The fourth-order valence-corrected chi connectivity index (χ4v) is 4.73. The Bertz CT molecular complexity index is 398. The van der Waals surface area contributed by atoms with Gasteiger partial charge in [-0.25, -0.2) is 0 Å². The van der Waals surface area contributed by atoms with E-state index in [-0.39, 0.29) is 17.3 Å². The molecule has 20 heavy (non-hydrogen) atoms. The molecule has 0 N–H and O–H groups in total. The molecular weight excluding hydrogens is 250 g/mol. The molecule has 2 aliphatic carbocycles.